The number of quaternary nitrogens is 1. The average molecular weight is 219 g/mol. The summed E-state index contributed by atoms with van der Waals surface area (Å²) in [5.41, 5.74) is 10.5. The summed E-state index contributed by atoms with van der Waals surface area (Å²) in [5.74, 6) is 0. The Bertz CT molecular complexity index is 388. The average Bonchev–Trinajstić information content (AvgIpc) is 2.04. The quantitative estimate of drug-likeness (QED) is 0.459. The lowest BCUT2D eigenvalue weighted by Gasteiger charge is -2.27. The summed E-state index contributed by atoms with van der Waals surface area (Å²) in [6.07, 6.45) is 0. The van der Waals surface area contributed by atoms with Crippen LogP contribution in [0, 0.1) is 0 Å². The molecule has 0 aliphatic rings. The van der Waals surface area contributed by atoms with E-state index < -0.39 is 15.1 Å². The second-order valence-electron chi connectivity index (χ2n) is 2.61. The molecule has 0 saturated heterocycles. The molecule has 0 fully saturated rings. The third kappa shape index (κ3) is 2.28. The summed E-state index contributed by atoms with van der Waals surface area (Å²) in [7, 11) is -4.75. The number of rotatable bonds is 2. The van der Waals surface area contributed by atoms with Gasteiger partial charge in [-0.2, -0.15) is 0 Å². The summed E-state index contributed by atoms with van der Waals surface area (Å²) >= 11 is 0. The van der Waals surface area contributed by atoms with Gasteiger partial charge in [0, 0.05) is 5.56 Å². The smallest absolute Gasteiger partial charge is 0.183 e. The van der Waals surface area contributed by atoms with E-state index in [1.807, 2.05) is 0 Å². The van der Waals surface area contributed by atoms with Crippen molar-refractivity contribution in [3.05, 3.63) is 35.9 Å². The van der Waals surface area contributed by atoms with Crippen molar-refractivity contribution in [1.29, 1.82) is 0 Å². The third-order valence-corrected chi connectivity index (χ3v) is 2.70. The first-order valence-corrected chi connectivity index (χ1v) is 4.85. The summed E-state index contributed by atoms with van der Waals surface area (Å²) in [4.78, 5) is -2.35. The minimum Gasteiger partial charge on any atom is -0.745 e. The van der Waals surface area contributed by atoms with Crippen molar-refractivity contribution in [3.63, 3.8) is 0 Å². The fourth-order valence-corrected chi connectivity index (χ4v) is 1.27. The summed E-state index contributed by atoms with van der Waals surface area (Å²) in [6.45, 7) is 0. The van der Waals surface area contributed by atoms with Crippen LogP contribution in [0.1, 0.15) is 5.56 Å². The van der Waals surface area contributed by atoms with Crippen LogP contribution in [0.5, 0.6) is 0 Å². The van der Waals surface area contributed by atoms with Crippen LogP contribution in [0.15, 0.2) is 30.3 Å². The van der Waals surface area contributed by atoms with Gasteiger partial charge in [0.25, 0.3) is 0 Å². The highest BCUT2D eigenvalue weighted by Crippen LogP contribution is 2.16. The topological polar surface area (TPSA) is 146 Å². The van der Waals surface area contributed by atoms with Crippen molar-refractivity contribution < 1.29 is 13.0 Å². The van der Waals surface area contributed by atoms with Gasteiger partial charge in [0.05, 0.1) is 0 Å². The first-order chi connectivity index (χ1) is 5.86. The van der Waals surface area contributed by atoms with E-state index in [0.29, 0.717) is 0 Å². The minimum atomic E-state index is -4.75. The minimum absolute atomic E-state index is 0. The van der Waals surface area contributed by atoms with E-state index in [-0.39, 0.29) is 11.7 Å². The van der Waals surface area contributed by atoms with E-state index in [4.69, 9.17) is 11.5 Å². The molecular weight excluding hydrogens is 206 g/mol. The Morgan fingerprint density at radius 3 is 1.93 bits per heavy atom. The Morgan fingerprint density at radius 2 is 1.57 bits per heavy atom. The number of benzene rings is 1. The SMILES string of the molecule is NC(N)(c1ccccc1)S(=O)(=O)[O-].[NH4+]. The van der Waals surface area contributed by atoms with Crippen molar-refractivity contribution in [2.24, 2.45) is 11.5 Å². The predicted molar refractivity (Wildman–Crippen MR) is 52.2 cm³/mol. The molecule has 1 rings (SSSR count). The van der Waals surface area contributed by atoms with E-state index in [1.165, 1.54) is 12.1 Å². The highest BCUT2D eigenvalue weighted by Gasteiger charge is 2.29. The molecule has 0 atom stereocenters. The Morgan fingerprint density at radius 1 is 1.14 bits per heavy atom. The second kappa shape index (κ2) is 4.03. The maximum Gasteiger partial charge on any atom is 0.183 e. The van der Waals surface area contributed by atoms with Gasteiger partial charge in [0.1, 0.15) is 10.1 Å². The fourth-order valence-electron chi connectivity index (χ4n) is 0.843. The van der Waals surface area contributed by atoms with E-state index in [0.717, 1.165) is 0 Å². The molecule has 80 valence electrons. The van der Waals surface area contributed by atoms with Gasteiger partial charge in [-0.05, 0) is 0 Å². The first kappa shape index (κ1) is 13.0. The molecule has 8 N–H and O–H groups in total. The molecular formula is C7H13N3O3S. The van der Waals surface area contributed by atoms with Crippen LogP contribution in [-0.2, 0) is 15.1 Å². The molecule has 1 aromatic rings. The highest BCUT2D eigenvalue weighted by molar-refractivity contribution is 7.86. The molecule has 6 nitrogen and oxygen atoms in total. The molecule has 0 saturated carbocycles. The van der Waals surface area contributed by atoms with Crippen LogP contribution in [0.2, 0.25) is 0 Å². The molecule has 7 heteroatoms. The zero-order valence-corrected chi connectivity index (χ0v) is 8.49. The van der Waals surface area contributed by atoms with Crippen molar-refractivity contribution in [1.82, 2.24) is 6.15 Å². The maximum absolute atomic E-state index is 10.6. The second-order valence-corrected chi connectivity index (χ2v) is 4.20. The van der Waals surface area contributed by atoms with Gasteiger partial charge < -0.3 is 10.7 Å². The number of nitrogens with two attached hydrogens (primary N) is 2. The van der Waals surface area contributed by atoms with Gasteiger partial charge in [-0.25, -0.2) is 8.42 Å². The third-order valence-electron chi connectivity index (χ3n) is 1.64. The molecule has 1 aromatic carbocycles. The zero-order chi connectivity index (χ0) is 10.1. The summed E-state index contributed by atoms with van der Waals surface area (Å²) in [6, 6.07) is 7.53. The predicted octanol–water partition coefficient (Wildman–Crippen LogP) is -0.364. The van der Waals surface area contributed by atoms with Gasteiger partial charge in [-0.15, -0.1) is 0 Å². The van der Waals surface area contributed by atoms with Gasteiger partial charge in [0.2, 0.25) is 0 Å². The van der Waals surface area contributed by atoms with E-state index in [9.17, 15) is 13.0 Å². The normalized spacial score (nSPS) is 11.9. The largest absolute Gasteiger partial charge is 0.745 e. The van der Waals surface area contributed by atoms with Crippen LogP contribution in [-0.4, -0.2) is 13.0 Å². The number of hydrogen-bond donors (Lipinski definition) is 3. The van der Waals surface area contributed by atoms with Gasteiger partial charge in [0.15, 0.2) is 4.99 Å². The Labute approximate surface area is 82.2 Å². The molecule has 0 radical (unpaired) electrons. The molecule has 14 heavy (non-hydrogen) atoms. The molecule has 0 unspecified atom stereocenters. The van der Waals surface area contributed by atoms with Crippen molar-refractivity contribution in [2.45, 2.75) is 4.99 Å². The lowest BCUT2D eigenvalue weighted by atomic mass is 10.2. The zero-order valence-electron chi connectivity index (χ0n) is 7.67. The lowest BCUT2D eigenvalue weighted by molar-refractivity contribution is 0.416. The Hall–Kier alpha value is -0.990. The summed E-state index contributed by atoms with van der Waals surface area (Å²) < 4.78 is 31.9. The van der Waals surface area contributed by atoms with Gasteiger partial charge in [-0.1, -0.05) is 30.3 Å². The first-order valence-electron chi connectivity index (χ1n) is 3.44. The molecule has 0 spiro atoms. The van der Waals surface area contributed by atoms with Crippen LogP contribution in [0.3, 0.4) is 0 Å². The molecule has 0 aliphatic carbocycles. The fraction of sp³-hybridized carbons (Fsp3) is 0.143. The monoisotopic (exact) mass is 219 g/mol. The van der Waals surface area contributed by atoms with Crippen molar-refractivity contribution in [2.75, 3.05) is 0 Å². The van der Waals surface area contributed by atoms with Gasteiger partial charge in [-0.3, -0.25) is 11.5 Å². The standard InChI is InChI=1S/C7H10N2O3S.H3N/c8-7(9,13(10,11)12)6-4-2-1-3-5-6;/h1-5H,8-9H2,(H,10,11,12);1H3. The van der Waals surface area contributed by atoms with Gasteiger partial charge >= 0.3 is 0 Å². The number of hydrogen-bond acceptors (Lipinski definition) is 5. The highest BCUT2D eigenvalue weighted by atomic mass is 32.2. The van der Waals surface area contributed by atoms with E-state index in [1.54, 1.807) is 18.2 Å². The summed E-state index contributed by atoms with van der Waals surface area (Å²) in [5, 5.41) is 0. The van der Waals surface area contributed by atoms with Crippen molar-refractivity contribution >= 4 is 10.1 Å². The van der Waals surface area contributed by atoms with Crippen LogP contribution in [0.4, 0.5) is 0 Å². The molecule has 0 heterocycles. The molecule has 0 aliphatic heterocycles. The molecule has 0 aromatic heterocycles. The van der Waals surface area contributed by atoms with Crippen LogP contribution >= 0.6 is 0 Å². The lowest BCUT2D eigenvalue weighted by Crippen LogP contribution is -2.52. The van der Waals surface area contributed by atoms with Crippen LogP contribution < -0.4 is 17.6 Å². The van der Waals surface area contributed by atoms with E-state index >= 15 is 0 Å². The van der Waals surface area contributed by atoms with E-state index in [2.05, 4.69) is 0 Å². The van der Waals surface area contributed by atoms with Crippen LogP contribution in [0.25, 0.3) is 0 Å². The Kier molecular flexibility index (Phi) is 3.74. The Balaban J connectivity index is 0.00000169. The molecule has 0 amide bonds. The van der Waals surface area contributed by atoms with Crippen molar-refractivity contribution in [3.8, 4) is 0 Å². The molecule has 0 bridgehead atoms. The maximum atomic E-state index is 10.6.